The van der Waals surface area contributed by atoms with Crippen LogP contribution >= 0.6 is 0 Å². The highest BCUT2D eigenvalue weighted by Gasteiger charge is 2.22. The highest BCUT2D eigenvalue weighted by Crippen LogP contribution is 2.10. The Bertz CT molecular complexity index is 704. The van der Waals surface area contributed by atoms with Crippen molar-refractivity contribution in [2.45, 2.75) is 13.0 Å². The molecule has 0 aliphatic carbocycles. The summed E-state index contributed by atoms with van der Waals surface area (Å²) in [7, 11) is 1.81. The molecule has 1 atom stereocenters. The normalized spacial score (nSPS) is 18.1. The Morgan fingerprint density at radius 3 is 3.08 bits per heavy atom. The van der Waals surface area contributed by atoms with Gasteiger partial charge in [0.05, 0.1) is 24.9 Å². The molecule has 9 nitrogen and oxygen atoms in total. The summed E-state index contributed by atoms with van der Waals surface area (Å²) < 4.78 is 7.42. The molecule has 2 N–H and O–H groups in total. The van der Waals surface area contributed by atoms with Crippen LogP contribution in [-0.2, 0) is 16.6 Å². The molecule has 25 heavy (non-hydrogen) atoms. The summed E-state index contributed by atoms with van der Waals surface area (Å²) in [5, 5.41) is 18.1. The molecule has 2 aromatic heterocycles. The molecule has 134 valence electrons. The summed E-state index contributed by atoms with van der Waals surface area (Å²) in [6.07, 6.45) is 1.63. The second kappa shape index (κ2) is 8.04. The SMILES string of the molecule is Cc1cc(NC(=O)CN2CCO[C@@H](CNc3cccnn3)C2)n(C)n1. The van der Waals surface area contributed by atoms with Gasteiger partial charge in [0.25, 0.3) is 0 Å². The minimum Gasteiger partial charge on any atom is -0.374 e. The number of anilines is 2. The number of nitrogens with one attached hydrogen (secondary N) is 2. The molecule has 1 amide bonds. The second-order valence-corrected chi connectivity index (χ2v) is 6.06. The average molecular weight is 345 g/mol. The van der Waals surface area contributed by atoms with Crippen LogP contribution in [0.25, 0.3) is 0 Å². The Labute approximate surface area is 146 Å². The lowest BCUT2D eigenvalue weighted by Crippen LogP contribution is -2.47. The molecule has 0 saturated carbocycles. The first-order valence-corrected chi connectivity index (χ1v) is 8.26. The predicted octanol–water partition coefficient (Wildman–Crippen LogP) is 0.270. The molecule has 3 heterocycles. The second-order valence-electron chi connectivity index (χ2n) is 6.06. The van der Waals surface area contributed by atoms with Gasteiger partial charge in [-0.15, -0.1) is 5.10 Å². The van der Waals surface area contributed by atoms with Gasteiger partial charge in [-0.2, -0.15) is 10.2 Å². The number of ether oxygens (including phenoxy) is 1. The summed E-state index contributed by atoms with van der Waals surface area (Å²) in [6, 6.07) is 5.54. The number of hydrogen-bond donors (Lipinski definition) is 2. The van der Waals surface area contributed by atoms with Gasteiger partial charge < -0.3 is 15.4 Å². The summed E-state index contributed by atoms with van der Waals surface area (Å²) in [5.74, 6) is 1.37. The first-order valence-electron chi connectivity index (χ1n) is 8.26. The van der Waals surface area contributed by atoms with Crippen molar-refractivity contribution in [2.24, 2.45) is 7.05 Å². The molecule has 0 bridgehead atoms. The smallest absolute Gasteiger partial charge is 0.239 e. The van der Waals surface area contributed by atoms with Gasteiger partial charge in [-0.05, 0) is 19.1 Å². The molecule has 1 saturated heterocycles. The fourth-order valence-corrected chi connectivity index (χ4v) is 2.77. The molecular weight excluding hydrogens is 322 g/mol. The van der Waals surface area contributed by atoms with Gasteiger partial charge in [-0.1, -0.05) is 0 Å². The quantitative estimate of drug-likeness (QED) is 0.775. The number of carbonyl (C=O) groups excluding carboxylic acids is 1. The van der Waals surface area contributed by atoms with Crippen LogP contribution in [0.3, 0.4) is 0 Å². The van der Waals surface area contributed by atoms with E-state index < -0.39 is 0 Å². The van der Waals surface area contributed by atoms with Gasteiger partial charge in [0, 0.05) is 38.9 Å². The number of aryl methyl sites for hydroxylation is 2. The van der Waals surface area contributed by atoms with Gasteiger partial charge in [-0.25, -0.2) is 0 Å². The van der Waals surface area contributed by atoms with E-state index in [2.05, 4.69) is 30.8 Å². The van der Waals surface area contributed by atoms with Crippen molar-refractivity contribution < 1.29 is 9.53 Å². The summed E-state index contributed by atoms with van der Waals surface area (Å²) in [5.41, 5.74) is 0.874. The van der Waals surface area contributed by atoms with Crippen LogP contribution in [-0.4, -0.2) is 69.7 Å². The number of carbonyl (C=O) groups is 1. The Morgan fingerprint density at radius 1 is 1.48 bits per heavy atom. The van der Waals surface area contributed by atoms with E-state index in [0.29, 0.717) is 37.9 Å². The van der Waals surface area contributed by atoms with Crippen LogP contribution in [0.15, 0.2) is 24.4 Å². The standard InChI is InChI=1S/C16H23N7O2/c1-12-8-15(22(2)21-12)19-16(24)11-23-6-7-25-13(10-23)9-17-14-4-3-5-18-20-14/h3-5,8,13H,6-7,9-11H2,1-2H3,(H,17,20)(H,19,24)/t13-/m0/s1. The maximum atomic E-state index is 12.3. The van der Waals surface area contributed by atoms with E-state index in [9.17, 15) is 4.79 Å². The van der Waals surface area contributed by atoms with E-state index in [1.54, 1.807) is 10.9 Å². The van der Waals surface area contributed by atoms with Crippen molar-refractivity contribution in [1.29, 1.82) is 0 Å². The van der Waals surface area contributed by atoms with Crippen LogP contribution in [0.2, 0.25) is 0 Å². The van der Waals surface area contributed by atoms with Crippen LogP contribution in [0.1, 0.15) is 5.69 Å². The minimum absolute atomic E-state index is 0.00232. The van der Waals surface area contributed by atoms with Gasteiger partial charge in [0.1, 0.15) is 11.6 Å². The highest BCUT2D eigenvalue weighted by molar-refractivity contribution is 5.91. The topological polar surface area (TPSA) is 97.2 Å². The third-order valence-corrected chi connectivity index (χ3v) is 3.94. The van der Waals surface area contributed by atoms with Gasteiger partial charge in [0.15, 0.2) is 0 Å². The van der Waals surface area contributed by atoms with Crippen molar-refractivity contribution in [1.82, 2.24) is 24.9 Å². The molecule has 9 heteroatoms. The fraction of sp³-hybridized carbons (Fsp3) is 0.500. The maximum Gasteiger partial charge on any atom is 0.239 e. The molecule has 3 rings (SSSR count). The number of rotatable bonds is 6. The largest absolute Gasteiger partial charge is 0.374 e. The van der Waals surface area contributed by atoms with E-state index in [1.165, 1.54) is 0 Å². The van der Waals surface area contributed by atoms with Gasteiger partial charge >= 0.3 is 0 Å². The Balaban J connectivity index is 1.46. The zero-order chi connectivity index (χ0) is 17.6. The first kappa shape index (κ1) is 17.3. The molecule has 1 aliphatic heterocycles. The number of amides is 1. The van der Waals surface area contributed by atoms with Crippen molar-refractivity contribution in [2.75, 3.05) is 43.4 Å². The van der Waals surface area contributed by atoms with Crippen LogP contribution in [0, 0.1) is 6.92 Å². The minimum atomic E-state index is -0.0504. The summed E-state index contributed by atoms with van der Waals surface area (Å²) in [4.78, 5) is 14.3. The van der Waals surface area contributed by atoms with E-state index >= 15 is 0 Å². The van der Waals surface area contributed by atoms with Crippen LogP contribution in [0.5, 0.6) is 0 Å². The highest BCUT2D eigenvalue weighted by atomic mass is 16.5. The molecule has 0 radical (unpaired) electrons. The van der Waals surface area contributed by atoms with Gasteiger partial charge in [-0.3, -0.25) is 14.4 Å². The summed E-state index contributed by atoms with van der Waals surface area (Å²) >= 11 is 0. The molecule has 0 spiro atoms. The van der Waals surface area contributed by atoms with E-state index in [1.807, 2.05) is 32.2 Å². The average Bonchev–Trinajstić information content (AvgIpc) is 2.91. The fourth-order valence-electron chi connectivity index (χ4n) is 2.77. The van der Waals surface area contributed by atoms with Crippen molar-refractivity contribution in [3.8, 4) is 0 Å². The molecule has 1 aliphatic rings. The number of aromatic nitrogens is 4. The monoisotopic (exact) mass is 345 g/mol. The van der Waals surface area contributed by atoms with E-state index in [0.717, 1.165) is 12.2 Å². The number of morpholine rings is 1. The predicted molar refractivity (Wildman–Crippen MR) is 93.3 cm³/mol. The van der Waals surface area contributed by atoms with Crippen molar-refractivity contribution in [3.05, 3.63) is 30.1 Å². The molecule has 1 fully saturated rings. The maximum absolute atomic E-state index is 12.3. The van der Waals surface area contributed by atoms with Crippen LogP contribution < -0.4 is 10.6 Å². The third kappa shape index (κ3) is 4.97. The lowest BCUT2D eigenvalue weighted by molar-refractivity contribution is -0.119. The Hall–Kier alpha value is -2.52. The van der Waals surface area contributed by atoms with Crippen molar-refractivity contribution in [3.63, 3.8) is 0 Å². The van der Waals surface area contributed by atoms with Crippen LogP contribution in [0.4, 0.5) is 11.6 Å². The summed E-state index contributed by atoms with van der Waals surface area (Å²) in [6.45, 7) is 4.87. The first-order chi connectivity index (χ1) is 12.1. The molecule has 0 aromatic carbocycles. The lowest BCUT2D eigenvalue weighted by Gasteiger charge is -2.32. The number of hydrogen-bond acceptors (Lipinski definition) is 7. The third-order valence-electron chi connectivity index (χ3n) is 3.94. The Morgan fingerprint density at radius 2 is 2.36 bits per heavy atom. The zero-order valence-electron chi connectivity index (χ0n) is 14.5. The molecule has 0 unspecified atom stereocenters. The van der Waals surface area contributed by atoms with Gasteiger partial charge in [0.2, 0.25) is 5.91 Å². The lowest BCUT2D eigenvalue weighted by atomic mass is 10.2. The zero-order valence-corrected chi connectivity index (χ0v) is 14.5. The Kier molecular flexibility index (Phi) is 5.56. The van der Waals surface area contributed by atoms with Crippen molar-refractivity contribution >= 4 is 17.5 Å². The molecular formula is C16H23N7O2. The van der Waals surface area contributed by atoms with E-state index in [-0.39, 0.29) is 12.0 Å². The molecule has 2 aromatic rings. The van der Waals surface area contributed by atoms with E-state index in [4.69, 9.17) is 4.74 Å². The number of nitrogens with zero attached hydrogens (tertiary/aromatic N) is 5.